The number of hydrogen-bond donors (Lipinski definition) is 4. The third-order valence-corrected chi connectivity index (χ3v) is 4.13. The zero-order valence-corrected chi connectivity index (χ0v) is 16.0. The molecule has 4 N–H and O–H groups in total. The fourth-order valence-electron chi connectivity index (χ4n) is 2.63. The van der Waals surface area contributed by atoms with Gasteiger partial charge in [0.2, 0.25) is 0 Å². The first-order valence-corrected chi connectivity index (χ1v) is 8.92. The van der Waals surface area contributed by atoms with Gasteiger partial charge in [-0.1, -0.05) is 24.3 Å². The number of carbonyl (C=O) groups is 3. The number of esters is 1. The van der Waals surface area contributed by atoms with E-state index in [1.54, 1.807) is 24.3 Å². The molecule has 0 saturated heterocycles. The van der Waals surface area contributed by atoms with Crippen LogP contribution >= 0.6 is 0 Å². The summed E-state index contributed by atoms with van der Waals surface area (Å²) in [5.41, 5.74) is 1.47. The molecule has 3 aromatic rings. The Bertz CT molecular complexity index is 1070. The van der Waals surface area contributed by atoms with Crippen molar-refractivity contribution in [2.45, 2.75) is 0 Å². The van der Waals surface area contributed by atoms with Crippen LogP contribution in [0.25, 0.3) is 0 Å². The molecule has 3 rings (SSSR count). The molecule has 0 spiro atoms. The van der Waals surface area contributed by atoms with Crippen LogP contribution in [0.1, 0.15) is 20.7 Å². The minimum absolute atomic E-state index is 0.0562. The second kappa shape index (κ2) is 9.24. The molecule has 30 heavy (non-hydrogen) atoms. The van der Waals surface area contributed by atoms with Crippen LogP contribution < -0.4 is 16.0 Å². The zero-order valence-electron chi connectivity index (χ0n) is 16.0. The summed E-state index contributed by atoms with van der Waals surface area (Å²) >= 11 is 0. The molecule has 0 atom stereocenters. The van der Waals surface area contributed by atoms with Gasteiger partial charge in [-0.25, -0.2) is 9.59 Å². The second-order valence-corrected chi connectivity index (χ2v) is 6.17. The van der Waals surface area contributed by atoms with Crippen molar-refractivity contribution < 1.29 is 24.2 Å². The van der Waals surface area contributed by atoms with Gasteiger partial charge in [0.1, 0.15) is 5.56 Å². The minimum Gasteiger partial charge on any atom is -0.505 e. The number of anilines is 3. The monoisotopic (exact) mass is 405 g/mol. The first kappa shape index (κ1) is 20.4. The van der Waals surface area contributed by atoms with E-state index in [0.29, 0.717) is 16.9 Å². The summed E-state index contributed by atoms with van der Waals surface area (Å²) in [6.45, 7) is 0. The second-order valence-electron chi connectivity index (χ2n) is 6.17. The molecule has 0 aliphatic rings. The molecule has 0 radical (unpaired) electrons. The van der Waals surface area contributed by atoms with Crippen LogP contribution in [0.2, 0.25) is 0 Å². The highest BCUT2D eigenvalue weighted by molar-refractivity contribution is 6.07. The highest BCUT2D eigenvalue weighted by Gasteiger charge is 2.16. The lowest BCUT2D eigenvalue weighted by Gasteiger charge is -2.11. The number of methoxy groups -OCH3 is 1. The number of aromatic hydroxyl groups is 1. The molecule has 0 heterocycles. The Labute approximate surface area is 172 Å². The third-order valence-electron chi connectivity index (χ3n) is 4.13. The number of phenols is 1. The fraction of sp³-hybridized carbons (Fsp3) is 0.0455. The standard InChI is InChI=1S/C22H19N3O5/c1-30-21(28)17-8-5-9-18(19(17)26)25-20(27)14-10-12-16(13-11-14)24-22(29)23-15-6-3-2-4-7-15/h2-13,26H,1H3,(H,25,27)(H2,23,24,29). The van der Waals surface area contributed by atoms with Crippen LogP contribution in [0.15, 0.2) is 72.8 Å². The summed E-state index contributed by atoms with van der Waals surface area (Å²) in [6.07, 6.45) is 0. The van der Waals surface area contributed by atoms with Crippen LogP contribution in [-0.4, -0.2) is 30.1 Å². The number of ether oxygens (including phenoxy) is 1. The smallest absolute Gasteiger partial charge is 0.341 e. The van der Waals surface area contributed by atoms with Crippen LogP contribution in [0.5, 0.6) is 5.75 Å². The molecule has 0 bridgehead atoms. The van der Waals surface area contributed by atoms with Gasteiger partial charge in [-0.05, 0) is 48.5 Å². The van der Waals surface area contributed by atoms with E-state index in [1.165, 1.54) is 37.4 Å². The maximum absolute atomic E-state index is 12.5. The molecule has 0 unspecified atom stereocenters. The molecule has 0 aliphatic heterocycles. The quantitative estimate of drug-likeness (QED) is 0.377. The van der Waals surface area contributed by atoms with E-state index in [2.05, 4.69) is 20.7 Å². The Hall–Kier alpha value is -4.33. The normalized spacial score (nSPS) is 10.0. The Morgan fingerprint density at radius 2 is 1.40 bits per heavy atom. The summed E-state index contributed by atoms with van der Waals surface area (Å²) in [7, 11) is 1.20. The predicted octanol–water partition coefficient (Wildman–Crippen LogP) is 4.08. The van der Waals surface area contributed by atoms with E-state index < -0.39 is 17.9 Å². The summed E-state index contributed by atoms with van der Waals surface area (Å²) in [6, 6.07) is 19.1. The SMILES string of the molecule is COC(=O)c1cccc(NC(=O)c2ccc(NC(=O)Nc3ccccc3)cc2)c1O. The molecule has 152 valence electrons. The van der Waals surface area contributed by atoms with E-state index in [1.807, 2.05) is 18.2 Å². The van der Waals surface area contributed by atoms with Gasteiger partial charge in [0.15, 0.2) is 5.75 Å². The summed E-state index contributed by atoms with van der Waals surface area (Å²) in [4.78, 5) is 36.1. The number of benzene rings is 3. The number of phenolic OH excluding ortho intramolecular Hbond substituents is 1. The topological polar surface area (TPSA) is 117 Å². The molecular formula is C22H19N3O5. The average Bonchev–Trinajstić information content (AvgIpc) is 2.75. The largest absolute Gasteiger partial charge is 0.505 e. The molecule has 3 amide bonds. The Morgan fingerprint density at radius 3 is 2.03 bits per heavy atom. The van der Waals surface area contributed by atoms with Gasteiger partial charge in [-0.3, -0.25) is 4.79 Å². The van der Waals surface area contributed by atoms with Crippen molar-refractivity contribution in [3.8, 4) is 5.75 Å². The Morgan fingerprint density at radius 1 is 0.767 bits per heavy atom. The predicted molar refractivity (Wildman–Crippen MR) is 113 cm³/mol. The number of urea groups is 1. The lowest BCUT2D eigenvalue weighted by atomic mass is 10.1. The minimum atomic E-state index is -0.715. The number of carbonyl (C=O) groups excluding carboxylic acids is 3. The molecule has 8 heteroatoms. The highest BCUT2D eigenvalue weighted by atomic mass is 16.5. The van der Waals surface area contributed by atoms with Crippen molar-refractivity contribution in [1.82, 2.24) is 0 Å². The Kier molecular flexibility index (Phi) is 6.29. The zero-order chi connectivity index (χ0) is 21.5. The maximum Gasteiger partial charge on any atom is 0.341 e. The number of para-hydroxylation sites is 2. The summed E-state index contributed by atoms with van der Waals surface area (Å²) in [5.74, 6) is -1.59. The van der Waals surface area contributed by atoms with Crippen LogP contribution in [0, 0.1) is 0 Å². The van der Waals surface area contributed by atoms with Gasteiger partial charge in [0.05, 0.1) is 12.8 Å². The van der Waals surface area contributed by atoms with Crippen LogP contribution in [0.3, 0.4) is 0 Å². The molecular weight excluding hydrogens is 386 g/mol. The summed E-state index contributed by atoms with van der Waals surface area (Å²) in [5, 5.41) is 18.1. The van der Waals surface area contributed by atoms with Crippen molar-refractivity contribution >= 4 is 35.0 Å². The molecule has 3 aromatic carbocycles. The number of hydrogen-bond acceptors (Lipinski definition) is 5. The van der Waals surface area contributed by atoms with Gasteiger partial charge < -0.3 is 25.8 Å². The fourth-order valence-corrected chi connectivity index (χ4v) is 2.63. The van der Waals surface area contributed by atoms with Crippen molar-refractivity contribution in [3.05, 3.63) is 83.9 Å². The molecule has 0 fully saturated rings. The number of nitrogens with one attached hydrogen (secondary N) is 3. The van der Waals surface area contributed by atoms with Crippen LogP contribution in [-0.2, 0) is 4.74 Å². The van der Waals surface area contributed by atoms with E-state index in [9.17, 15) is 19.5 Å². The van der Waals surface area contributed by atoms with Gasteiger partial charge >= 0.3 is 12.0 Å². The average molecular weight is 405 g/mol. The molecule has 0 aliphatic carbocycles. The first-order valence-electron chi connectivity index (χ1n) is 8.92. The van der Waals surface area contributed by atoms with Crippen molar-refractivity contribution in [3.63, 3.8) is 0 Å². The van der Waals surface area contributed by atoms with E-state index in [4.69, 9.17) is 0 Å². The molecule has 8 nitrogen and oxygen atoms in total. The van der Waals surface area contributed by atoms with Gasteiger partial charge in [0, 0.05) is 16.9 Å². The third kappa shape index (κ3) is 4.93. The van der Waals surface area contributed by atoms with E-state index >= 15 is 0 Å². The lowest BCUT2D eigenvalue weighted by molar-refractivity contribution is 0.0597. The maximum atomic E-state index is 12.5. The number of amides is 3. The van der Waals surface area contributed by atoms with Crippen molar-refractivity contribution in [2.24, 2.45) is 0 Å². The van der Waals surface area contributed by atoms with Crippen molar-refractivity contribution in [1.29, 1.82) is 0 Å². The van der Waals surface area contributed by atoms with Crippen molar-refractivity contribution in [2.75, 3.05) is 23.1 Å². The van der Waals surface area contributed by atoms with Gasteiger partial charge in [-0.2, -0.15) is 0 Å². The lowest BCUT2D eigenvalue weighted by Crippen LogP contribution is -2.19. The van der Waals surface area contributed by atoms with Gasteiger partial charge in [0.25, 0.3) is 5.91 Å². The Balaban J connectivity index is 1.64. The van der Waals surface area contributed by atoms with Gasteiger partial charge in [-0.15, -0.1) is 0 Å². The summed E-state index contributed by atoms with van der Waals surface area (Å²) < 4.78 is 4.59. The first-order chi connectivity index (χ1) is 14.5. The molecule has 0 aromatic heterocycles. The number of rotatable bonds is 5. The molecule has 0 saturated carbocycles. The van der Waals surface area contributed by atoms with Crippen LogP contribution in [0.4, 0.5) is 21.9 Å². The van der Waals surface area contributed by atoms with E-state index in [0.717, 1.165) is 0 Å². The highest BCUT2D eigenvalue weighted by Crippen LogP contribution is 2.28. The van der Waals surface area contributed by atoms with E-state index in [-0.39, 0.29) is 17.0 Å².